The van der Waals surface area contributed by atoms with E-state index in [1.54, 1.807) is 26.2 Å². The van der Waals surface area contributed by atoms with Crippen LogP contribution in [0.2, 0.25) is 183 Å². The first-order valence-corrected chi connectivity index (χ1v) is 66.5. The van der Waals surface area contributed by atoms with Crippen molar-refractivity contribution in [3.8, 4) is 0 Å². The molecular formula is C28H84O20Si17. The highest BCUT2D eigenvalue weighted by Gasteiger charge is 2.73. The van der Waals surface area contributed by atoms with Gasteiger partial charge in [-0.05, 0) is 157 Å². The van der Waals surface area contributed by atoms with E-state index in [9.17, 15) is 0 Å². The molecule has 0 amide bonds. The maximum Gasteiger partial charge on any atom is 0.649 e. The molecule has 0 spiro atoms. The summed E-state index contributed by atoms with van der Waals surface area (Å²) < 4.78 is 142. The summed E-state index contributed by atoms with van der Waals surface area (Å²) in [7, 11) is -58.1. The van der Waals surface area contributed by atoms with Crippen LogP contribution >= 0.6 is 0 Å². The second-order valence-electron chi connectivity index (χ2n) is 22.8. The van der Waals surface area contributed by atoms with Crippen molar-refractivity contribution in [1.29, 1.82) is 0 Å². The van der Waals surface area contributed by atoms with Crippen LogP contribution in [0.15, 0.2) is 0 Å². The zero-order chi connectivity index (χ0) is 50.6. The van der Waals surface area contributed by atoms with Crippen molar-refractivity contribution in [2.75, 3.05) is 0 Å². The Balaban J connectivity index is 2.13. The van der Waals surface area contributed by atoms with Gasteiger partial charge in [-0.2, -0.15) is 0 Å². The predicted octanol–water partition coefficient (Wildman–Crippen LogP) is 8.50. The molecule has 4 heterocycles. The topological polar surface area (TPSA) is 185 Å². The molecule has 0 atom stereocenters. The molecule has 0 N–H and O–H groups in total. The molecule has 0 unspecified atom stereocenters. The van der Waals surface area contributed by atoms with E-state index >= 15 is 0 Å². The third kappa shape index (κ3) is 18.6. The highest BCUT2D eigenvalue weighted by atomic mass is 28.6. The van der Waals surface area contributed by atoms with Gasteiger partial charge in [0, 0.05) is 26.2 Å². The molecule has 0 aromatic rings. The summed E-state index contributed by atoms with van der Waals surface area (Å²) >= 11 is 0. The zero-order valence-corrected chi connectivity index (χ0v) is 61.7. The molecular weight excluding hydrogens is 1130 g/mol. The second kappa shape index (κ2) is 18.6. The van der Waals surface area contributed by atoms with Gasteiger partial charge in [-0.3, -0.25) is 0 Å². The lowest BCUT2D eigenvalue weighted by atomic mass is 11.9. The Morgan fingerprint density at radius 1 is 0.169 bits per heavy atom. The Morgan fingerprint density at radius 2 is 0.262 bits per heavy atom. The van der Waals surface area contributed by atoms with E-state index in [0.717, 1.165) is 0 Å². The average molecular weight is 1220 g/mol. The van der Waals surface area contributed by atoms with Crippen LogP contribution < -0.4 is 0 Å². The van der Waals surface area contributed by atoms with E-state index in [2.05, 4.69) is 0 Å². The minimum Gasteiger partial charge on any atom is -0.416 e. The van der Waals surface area contributed by atoms with Crippen molar-refractivity contribution in [1.82, 2.24) is 0 Å². The molecule has 20 nitrogen and oxygen atoms in total. The molecule has 65 heavy (non-hydrogen) atoms. The number of hydrogen-bond donors (Lipinski definition) is 0. The lowest BCUT2D eigenvalue weighted by Gasteiger charge is -2.53. The summed E-state index contributed by atoms with van der Waals surface area (Å²) in [6.45, 7) is 54.1. The molecule has 4 fully saturated rings. The fourth-order valence-electron chi connectivity index (χ4n) is 9.84. The second-order valence-corrected chi connectivity index (χ2v) is 80.6. The van der Waals surface area contributed by atoms with Gasteiger partial charge in [0.15, 0.2) is 0 Å². The number of hydrogen-bond acceptors (Lipinski definition) is 20. The molecule has 4 aliphatic heterocycles. The number of rotatable bonds is 8. The van der Waals surface area contributed by atoms with Crippen LogP contribution in [0.1, 0.15) is 0 Å². The maximum absolute atomic E-state index is 7.58. The first-order chi connectivity index (χ1) is 28.1. The minimum atomic E-state index is -5.21. The van der Waals surface area contributed by atoms with Gasteiger partial charge in [-0.25, -0.2) is 0 Å². The van der Waals surface area contributed by atoms with Gasteiger partial charge in [0.05, 0.1) is 0 Å². The largest absolute Gasteiger partial charge is 0.649 e. The van der Waals surface area contributed by atoms with Crippen LogP contribution in [0.5, 0.6) is 0 Å². The lowest BCUT2D eigenvalue weighted by molar-refractivity contribution is 0.0329. The van der Waals surface area contributed by atoms with Gasteiger partial charge in [0.25, 0.3) is 0 Å². The summed E-state index contributed by atoms with van der Waals surface area (Å²) in [6.07, 6.45) is 0. The fraction of sp³-hybridized carbons (Fsp3) is 1.00. The molecule has 0 aromatic heterocycles. The smallest absolute Gasteiger partial charge is 0.416 e. The highest BCUT2D eigenvalue weighted by molar-refractivity contribution is 7.00. The average Bonchev–Trinajstić information content (AvgIpc) is 2.78. The first-order valence-electron chi connectivity index (χ1n) is 22.2. The van der Waals surface area contributed by atoms with E-state index in [4.69, 9.17) is 82.3 Å². The van der Waals surface area contributed by atoms with Crippen LogP contribution in [0.4, 0.5) is 0 Å². The molecule has 0 radical (unpaired) electrons. The highest BCUT2D eigenvalue weighted by Crippen LogP contribution is 2.43. The van der Waals surface area contributed by atoms with Crippen LogP contribution in [0.25, 0.3) is 0 Å². The third-order valence-corrected chi connectivity index (χ3v) is 77.6. The lowest BCUT2D eigenvalue weighted by Crippen LogP contribution is -2.78. The van der Waals surface area contributed by atoms with Crippen LogP contribution in [-0.4, -0.2) is 147 Å². The van der Waals surface area contributed by atoms with E-state index in [1.807, 2.05) is 157 Å². The zero-order valence-electron chi connectivity index (χ0n) is 44.7. The maximum atomic E-state index is 7.58. The summed E-state index contributed by atoms with van der Waals surface area (Å²) in [6, 6.07) is 0. The van der Waals surface area contributed by atoms with Crippen molar-refractivity contribution in [2.45, 2.75) is 183 Å². The van der Waals surface area contributed by atoms with Crippen molar-refractivity contribution >= 4 is 147 Å². The summed E-state index contributed by atoms with van der Waals surface area (Å²) in [5.74, 6) is 0. The van der Waals surface area contributed by atoms with Crippen molar-refractivity contribution in [3.05, 3.63) is 0 Å². The first kappa shape index (κ1) is 60.4. The molecule has 37 heteroatoms. The summed E-state index contributed by atoms with van der Waals surface area (Å²) in [4.78, 5) is 0. The van der Waals surface area contributed by atoms with Gasteiger partial charge in [0.1, 0.15) is 0 Å². The normalized spacial score (nSPS) is 32.3. The SMILES string of the molecule is C[Si]1(C)O[Si](C)(C)O[Si](C)(O[Si](O[Si]2(C)O[Si](C)(C)O[Si](C)(C)O[Si](C)(C)O2)(O[Si]2(C)O[Si](C)(C)O[Si](C)(C)O[Si](C)(C)O2)O[Si]2(C)O[Si](C)(C)O[Si](C)(C)O[Si](C)(C)O2)O[Si](C)(C)O1. The molecule has 0 saturated carbocycles. The Kier molecular flexibility index (Phi) is 17.3. The monoisotopic (exact) mass is 1220 g/mol. The van der Waals surface area contributed by atoms with Crippen LogP contribution in [0.3, 0.4) is 0 Å². The van der Waals surface area contributed by atoms with Gasteiger partial charge in [0.2, 0.25) is 0 Å². The van der Waals surface area contributed by atoms with E-state index in [1.165, 1.54) is 0 Å². The molecule has 4 saturated heterocycles. The predicted molar refractivity (Wildman–Crippen MR) is 284 cm³/mol. The minimum absolute atomic E-state index is 1.78. The van der Waals surface area contributed by atoms with Crippen LogP contribution in [0, 0.1) is 0 Å². The van der Waals surface area contributed by atoms with Gasteiger partial charge in [-0.1, -0.05) is 0 Å². The molecule has 4 rings (SSSR count). The van der Waals surface area contributed by atoms with Crippen molar-refractivity contribution in [2.24, 2.45) is 0 Å². The van der Waals surface area contributed by atoms with E-state index in [0.29, 0.717) is 0 Å². The molecule has 0 aromatic carbocycles. The van der Waals surface area contributed by atoms with Crippen LogP contribution in [-0.2, 0) is 82.3 Å². The molecule has 4 aliphatic rings. The van der Waals surface area contributed by atoms with Crippen molar-refractivity contribution in [3.63, 3.8) is 0 Å². The Bertz CT molecular complexity index is 1400. The van der Waals surface area contributed by atoms with Gasteiger partial charge >= 0.3 is 147 Å². The standard InChI is InChI=1S/C28H84O20Si17/c1-49(2)29-53(9,10)37-61(25,38-54(11,12)30-49)45-65(46-62(26)39-55(13,14)31-50(3,4)32-56(15,16)40-62,47-63(27)41-57(17,18)33-51(5,6)34-58(19,20)42-63)48-64(28)43-59(21,22)35-52(7,8)36-60(23,24)44-64/h1-28H3. The third-order valence-electron chi connectivity index (χ3n) is 8.62. The van der Waals surface area contributed by atoms with Gasteiger partial charge in [-0.15, -0.1) is 0 Å². The molecule has 384 valence electrons. The fourth-order valence-corrected chi connectivity index (χ4v) is 99.8. The van der Waals surface area contributed by atoms with E-state index < -0.39 is 147 Å². The summed E-state index contributed by atoms with van der Waals surface area (Å²) in [5.41, 5.74) is 0. The Morgan fingerprint density at radius 3 is 0.369 bits per heavy atom. The van der Waals surface area contributed by atoms with E-state index in [-0.39, 0.29) is 0 Å². The molecule has 0 aliphatic carbocycles. The Labute approximate surface area is 409 Å². The van der Waals surface area contributed by atoms with Gasteiger partial charge < -0.3 is 82.3 Å². The molecule has 0 bridgehead atoms. The summed E-state index contributed by atoms with van der Waals surface area (Å²) in [5, 5.41) is 0. The quantitative estimate of drug-likeness (QED) is 0.211. The van der Waals surface area contributed by atoms with Crippen molar-refractivity contribution < 1.29 is 82.3 Å². The Hall–Kier alpha value is 2.89.